The molecule has 6 nitrogen and oxygen atoms in total. The van der Waals surface area contributed by atoms with E-state index in [1.807, 2.05) is 13.0 Å². The van der Waals surface area contributed by atoms with Crippen LogP contribution in [0.2, 0.25) is 0 Å². The van der Waals surface area contributed by atoms with E-state index in [9.17, 15) is 10.1 Å². The van der Waals surface area contributed by atoms with Crippen LogP contribution in [-0.4, -0.2) is 24.7 Å². The lowest BCUT2D eigenvalue weighted by molar-refractivity contribution is -0.384. The molecule has 0 aliphatic carbocycles. The first-order valence-corrected chi connectivity index (χ1v) is 5.56. The molecule has 18 heavy (non-hydrogen) atoms. The van der Waals surface area contributed by atoms with Gasteiger partial charge in [0.25, 0.3) is 5.69 Å². The molecule has 0 aliphatic heterocycles. The molecule has 6 heteroatoms. The van der Waals surface area contributed by atoms with Gasteiger partial charge in [0.1, 0.15) is 5.69 Å². The quantitative estimate of drug-likeness (QED) is 0.617. The van der Waals surface area contributed by atoms with Crippen LogP contribution in [0.4, 0.5) is 11.4 Å². The van der Waals surface area contributed by atoms with Crippen LogP contribution in [0.15, 0.2) is 18.2 Å². The Morgan fingerprint density at radius 2 is 2.33 bits per heavy atom. The minimum Gasteiger partial charge on any atom is -0.383 e. The number of ether oxygens (including phenoxy) is 1. The molecule has 0 radical (unpaired) electrons. The molecule has 1 rings (SSSR count). The Labute approximate surface area is 105 Å². The van der Waals surface area contributed by atoms with Crippen molar-refractivity contribution in [1.82, 2.24) is 0 Å². The summed E-state index contributed by atoms with van der Waals surface area (Å²) in [6, 6.07) is 6.19. The molecule has 0 saturated heterocycles. The van der Waals surface area contributed by atoms with Gasteiger partial charge in [-0.25, -0.2) is 0 Å². The molecule has 0 saturated carbocycles. The largest absolute Gasteiger partial charge is 0.383 e. The summed E-state index contributed by atoms with van der Waals surface area (Å²) in [6.07, 6.45) is 0.766. The van der Waals surface area contributed by atoms with Gasteiger partial charge in [-0.15, -0.1) is 0 Å². The molecule has 1 aromatic carbocycles. The highest BCUT2D eigenvalue weighted by atomic mass is 16.6. The van der Waals surface area contributed by atoms with Crippen molar-refractivity contribution in [2.45, 2.75) is 19.4 Å². The van der Waals surface area contributed by atoms with Gasteiger partial charge in [0, 0.05) is 19.2 Å². The number of rotatable bonds is 6. The lowest BCUT2D eigenvalue weighted by Crippen LogP contribution is -2.24. The summed E-state index contributed by atoms with van der Waals surface area (Å²) in [5, 5.41) is 22.8. The maximum atomic E-state index is 10.9. The molecule has 1 aromatic rings. The Kier molecular flexibility index (Phi) is 5.08. The van der Waals surface area contributed by atoms with Crippen LogP contribution in [-0.2, 0) is 4.74 Å². The standard InChI is InChI=1S/C12H15N3O3/c1-3-10(8-18-2)14-11-6-9(7-13)4-5-12(11)15(16)17/h4-6,10,14H,3,8H2,1-2H3. The van der Waals surface area contributed by atoms with E-state index in [1.54, 1.807) is 7.11 Å². The van der Waals surface area contributed by atoms with E-state index < -0.39 is 4.92 Å². The maximum Gasteiger partial charge on any atom is 0.292 e. The molecular formula is C12H15N3O3. The number of hydrogen-bond acceptors (Lipinski definition) is 5. The third-order valence-corrected chi connectivity index (χ3v) is 2.54. The molecular weight excluding hydrogens is 234 g/mol. The molecule has 96 valence electrons. The molecule has 1 unspecified atom stereocenters. The van der Waals surface area contributed by atoms with Crippen molar-refractivity contribution in [1.29, 1.82) is 5.26 Å². The molecule has 1 atom stereocenters. The first-order chi connectivity index (χ1) is 8.62. The molecule has 0 bridgehead atoms. The van der Waals surface area contributed by atoms with Crippen LogP contribution in [0, 0.1) is 21.4 Å². The third-order valence-electron chi connectivity index (χ3n) is 2.54. The van der Waals surface area contributed by atoms with Gasteiger partial charge >= 0.3 is 0 Å². The summed E-state index contributed by atoms with van der Waals surface area (Å²) < 4.78 is 5.03. The summed E-state index contributed by atoms with van der Waals surface area (Å²) in [7, 11) is 1.57. The van der Waals surface area contributed by atoms with E-state index in [0.717, 1.165) is 6.42 Å². The Morgan fingerprint density at radius 3 is 2.83 bits per heavy atom. The predicted octanol–water partition coefficient (Wildman–Crippen LogP) is 2.30. The van der Waals surface area contributed by atoms with Gasteiger partial charge in [0.05, 0.1) is 23.2 Å². The minimum atomic E-state index is -0.469. The average Bonchev–Trinajstić information content (AvgIpc) is 2.37. The predicted molar refractivity (Wildman–Crippen MR) is 67.4 cm³/mol. The van der Waals surface area contributed by atoms with Crippen LogP contribution in [0.3, 0.4) is 0 Å². The number of methoxy groups -OCH3 is 1. The molecule has 1 N–H and O–H groups in total. The number of nitro benzene ring substituents is 1. The smallest absolute Gasteiger partial charge is 0.292 e. The van der Waals surface area contributed by atoms with Crippen molar-refractivity contribution in [3.05, 3.63) is 33.9 Å². The molecule has 0 aromatic heterocycles. The average molecular weight is 249 g/mol. The zero-order valence-corrected chi connectivity index (χ0v) is 10.3. The van der Waals surface area contributed by atoms with Gasteiger partial charge in [-0.3, -0.25) is 10.1 Å². The zero-order chi connectivity index (χ0) is 13.5. The van der Waals surface area contributed by atoms with Crippen LogP contribution >= 0.6 is 0 Å². The minimum absolute atomic E-state index is 0.0253. The maximum absolute atomic E-state index is 10.9. The second kappa shape index (κ2) is 6.57. The Hall–Kier alpha value is -2.13. The van der Waals surface area contributed by atoms with Gasteiger partial charge in [-0.1, -0.05) is 6.92 Å². The number of nitrogens with one attached hydrogen (secondary N) is 1. The summed E-state index contributed by atoms with van der Waals surface area (Å²) in [5.74, 6) is 0. The highest BCUT2D eigenvalue weighted by Gasteiger charge is 2.17. The highest BCUT2D eigenvalue weighted by molar-refractivity contribution is 5.64. The summed E-state index contributed by atoms with van der Waals surface area (Å²) >= 11 is 0. The molecule has 0 heterocycles. The van der Waals surface area contributed by atoms with Crippen LogP contribution in [0.25, 0.3) is 0 Å². The van der Waals surface area contributed by atoms with E-state index in [4.69, 9.17) is 10.00 Å². The fourth-order valence-electron chi connectivity index (χ4n) is 1.56. The topological polar surface area (TPSA) is 88.2 Å². The van der Waals surface area contributed by atoms with Gasteiger partial charge < -0.3 is 10.1 Å². The normalized spacial score (nSPS) is 11.6. The fourth-order valence-corrected chi connectivity index (χ4v) is 1.56. The van der Waals surface area contributed by atoms with Crippen molar-refractivity contribution < 1.29 is 9.66 Å². The van der Waals surface area contributed by atoms with E-state index in [-0.39, 0.29) is 11.7 Å². The highest BCUT2D eigenvalue weighted by Crippen LogP contribution is 2.26. The number of nitriles is 1. The van der Waals surface area contributed by atoms with E-state index in [2.05, 4.69) is 5.32 Å². The number of benzene rings is 1. The van der Waals surface area contributed by atoms with Crippen LogP contribution < -0.4 is 5.32 Å². The fraction of sp³-hybridized carbons (Fsp3) is 0.417. The monoisotopic (exact) mass is 249 g/mol. The van der Waals surface area contributed by atoms with Gasteiger partial charge in [-0.05, 0) is 18.6 Å². The van der Waals surface area contributed by atoms with E-state index in [1.165, 1.54) is 18.2 Å². The van der Waals surface area contributed by atoms with Gasteiger partial charge in [0.15, 0.2) is 0 Å². The summed E-state index contributed by atoms with van der Waals surface area (Å²) in [5.41, 5.74) is 0.696. The molecule has 0 aliphatic rings. The number of nitro groups is 1. The first-order valence-electron chi connectivity index (χ1n) is 5.56. The van der Waals surface area contributed by atoms with Crippen LogP contribution in [0.5, 0.6) is 0 Å². The van der Waals surface area contributed by atoms with E-state index in [0.29, 0.717) is 17.9 Å². The zero-order valence-electron chi connectivity index (χ0n) is 10.3. The SMILES string of the molecule is CCC(COC)Nc1cc(C#N)ccc1[N+](=O)[O-]. The van der Waals surface area contributed by atoms with Gasteiger partial charge in [0.2, 0.25) is 0 Å². The second-order valence-corrected chi connectivity index (χ2v) is 3.81. The number of hydrogen-bond donors (Lipinski definition) is 1. The lowest BCUT2D eigenvalue weighted by Gasteiger charge is -2.17. The summed E-state index contributed by atoms with van der Waals surface area (Å²) in [4.78, 5) is 10.4. The van der Waals surface area contributed by atoms with Crippen molar-refractivity contribution in [2.24, 2.45) is 0 Å². The Morgan fingerprint density at radius 1 is 1.61 bits per heavy atom. The van der Waals surface area contributed by atoms with Crippen molar-refractivity contribution in [3.63, 3.8) is 0 Å². The number of anilines is 1. The molecule has 0 spiro atoms. The van der Waals surface area contributed by atoms with Crippen LogP contribution in [0.1, 0.15) is 18.9 Å². The lowest BCUT2D eigenvalue weighted by atomic mass is 10.1. The van der Waals surface area contributed by atoms with E-state index >= 15 is 0 Å². The second-order valence-electron chi connectivity index (χ2n) is 3.81. The molecule has 0 amide bonds. The third kappa shape index (κ3) is 3.43. The van der Waals surface area contributed by atoms with Crippen molar-refractivity contribution in [2.75, 3.05) is 19.0 Å². The molecule has 0 fully saturated rings. The Balaban J connectivity index is 3.04. The first kappa shape index (κ1) is 13.9. The Bertz CT molecular complexity index is 468. The number of nitrogens with zero attached hydrogens (tertiary/aromatic N) is 2. The van der Waals surface area contributed by atoms with Crippen molar-refractivity contribution in [3.8, 4) is 6.07 Å². The van der Waals surface area contributed by atoms with Crippen molar-refractivity contribution >= 4 is 11.4 Å². The van der Waals surface area contributed by atoms with Gasteiger partial charge in [-0.2, -0.15) is 5.26 Å². The summed E-state index contributed by atoms with van der Waals surface area (Å²) in [6.45, 7) is 2.40.